The highest BCUT2D eigenvalue weighted by Crippen LogP contribution is 2.32. The summed E-state index contributed by atoms with van der Waals surface area (Å²) in [5, 5.41) is 17.4. The van der Waals surface area contributed by atoms with Crippen LogP contribution in [-0.2, 0) is 24.3 Å². The number of aryl methyl sites for hydroxylation is 1. The number of nitrogens with one attached hydrogen (secondary N) is 1. The van der Waals surface area contributed by atoms with Gasteiger partial charge in [0.15, 0.2) is 0 Å². The second-order valence-electron chi connectivity index (χ2n) is 10.9. The van der Waals surface area contributed by atoms with Gasteiger partial charge < -0.3 is 19.9 Å². The van der Waals surface area contributed by atoms with Gasteiger partial charge in [-0.1, -0.05) is 43.1 Å². The number of β-amino-alcohol motifs (C(OH)–C–C–N with tert-alkyl or cyclic N) is 1. The van der Waals surface area contributed by atoms with Gasteiger partial charge in [0.05, 0.1) is 29.4 Å². The van der Waals surface area contributed by atoms with Crippen LogP contribution >= 0.6 is 23.2 Å². The summed E-state index contributed by atoms with van der Waals surface area (Å²) in [7, 11) is 0. The number of benzene rings is 2. The van der Waals surface area contributed by atoms with Gasteiger partial charge in [-0.15, -0.1) is 0 Å². The van der Waals surface area contributed by atoms with Gasteiger partial charge in [-0.05, 0) is 55.7 Å². The minimum absolute atomic E-state index is 0.0809. The van der Waals surface area contributed by atoms with Crippen molar-refractivity contribution in [3.05, 3.63) is 73.7 Å². The van der Waals surface area contributed by atoms with E-state index in [0.717, 1.165) is 71.5 Å². The fourth-order valence-corrected chi connectivity index (χ4v) is 6.43. The molecule has 2 N–H and O–H groups in total. The third kappa shape index (κ3) is 6.15. The number of halogens is 2. The molecule has 0 saturated carbocycles. The molecule has 224 valence electrons. The first kappa shape index (κ1) is 30.4. The number of fused-ring (bicyclic) bond motifs is 2. The fourth-order valence-electron chi connectivity index (χ4n) is 6.15. The van der Waals surface area contributed by atoms with E-state index in [9.17, 15) is 14.7 Å². The van der Waals surface area contributed by atoms with E-state index in [2.05, 4.69) is 9.88 Å². The molecule has 0 radical (unpaired) electrons. The van der Waals surface area contributed by atoms with Crippen LogP contribution in [0.4, 0.5) is 0 Å². The number of aliphatic hydroxyl groups excluding tert-OH is 1. The summed E-state index contributed by atoms with van der Waals surface area (Å²) in [6, 6.07) is 11.4. The predicted octanol–water partition coefficient (Wildman–Crippen LogP) is 5.05. The number of aromatic nitrogens is 4. The van der Waals surface area contributed by atoms with Crippen LogP contribution in [0.1, 0.15) is 49.6 Å². The summed E-state index contributed by atoms with van der Waals surface area (Å²) in [5.74, 6) is 0. The average Bonchev–Trinajstić information content (AvgIpc) is 3.51. The van der Waals surface area contributed by atoms with Crippen LogP contribution < -0.4 is 5.69 Å². The van der Waals surface area contributed by atoms with E-state index in [0.29, 0.717) is 42.6 Å². The predicted molar refractivity (Wildman–Crippen MR) is 167 cm³/mol. The highest BCUT2D eigenvalue weighted by Gasteiger charge is 2.28. The molecule has 1 fully saturated rings. The van der Waals surface area contributed by atoms with Crippen molar-refractivity contribution in [2.75, 3.05) is 26.2 Å². The van der Waals surface area contributed by atoms with Crippen molar-refractivity contribution in [3.8, 4) is 11.3 Å². The summed E-state index contributed by atoms with van der Waals surface area (Å²) < 4.78 is 3.75. The first-order valence-corrected chi connectivity index (χ1v) is 15.4. The second-order valence-corrected chi connectivity index (χ2v) is 11.7. The SMILES string of the molecule is CC.Cc1cc(-c2nn(CC(O)CN3CCC(n4c(=O)[nH]c5ccc(Cl)cc54)CC3)c3c2CN(C=O)CC3)ccc1Cl. The Bertz CT molecular complexity index is 1620. The molecular weight excluding hydrogens is 575 g/mol. The molecule has 42 heavy (non-hydrogen) atoms. The molecule has 4 aromatic rings. The largest absolute Gasteiger partial charge is 0.390 e. The minimum atomic E-state index is -0.612. The molecule has 0 aliphatic carbocycles. The van der Waals surface area contributed by atoms with Gasteiger partial charge in [0.1, 0.15) is 0 Å². The van der Waals surface area contributed by atoms with E-state index < -0.39 is 6.10 Å². The van der Waals surface area contributed by atoms with Crippen LogP contribution in [0.2, 0.25) is 10.0 Å². The number of amides is 1. The maximum absolute atomic E-state index is 12.7. The van der Waals surface area contributed by atoms with Crippen molar-refractivity contribution in [3.63, 3.8) is 0 Å². The van der Waals surface area contributed by atoms with E-state index in [1.54, 1.807) is 11.0 Å². The zero-order chi connectivity index (χ0) is 30.0. The number of hydrogen-bond donors (Lipinski definition) is 2. The number of hydrogen-bond acceptors (Lipinski definition) is 5. The fraction of sp³-hybridized carbons (Fsp3) is 0.452. The van der Waals surface area contributed by atoms with Gasteiger partial charge in [-0.3, -0.25) is 14.0 Å². The van der Waals surface area contributed by atoms with Gasteiger partial charge in [0.2, 0.25) is 6.41 Å². The molecule has 2 aliphatic heterocycles. The number of aromatic amines is 1. The third-order valence-electron chi connectivity index (χ3n) is 8.20. The van der Waals surface area contributed by atoms with Crippen molar-refractivity contribution in [2.24, 2.45) is 0 Å². The highest BCUT2D eigenvalue weighted by atomic mass is 35.5. The van der Waals surface area contributed by atoms with Crippen molar-refractivity contribution in [2.45, 2.75) is 65.3 Å². The molecule has 9 nitrogen and oxygen atoms in total. The summed E-state index contributed by atoms with van der Waals surface area (Å²) in [5.41, 5.74) is 6.35. The van der Waals surface area contributed by atoms with Crippen LogP contribution in [0.5, 0.6) is 0 Å². The molecular formula is C31H38Cl2N6O3. The summed E-state index contributed by atoms with van der Waals surface area (Å²) in [4.78, 5) is 31.1. The number of H-pyrrole nitrogens is 1. The lowest BCUT2D eigenvalue weighted by Crippen LogP contribution is -2.42. The lowest BCUT2D eigenvalue weighted by molar-refractivity contribution is -0.118. The Labute approximate surface area is 255 Å². The second kappa shape index (κ2) is 13.0. The van der Waals surface area contributed by atoms with E-state index in [4.69, 9.17) is 28.3 Å². The van der Waals surface area contributed by atoms with Gasteiger partial charge >= 0.3 is 5.69 Å². The Morgan fingerprint density at radius 3 is 2.57 bits per heavy atom. The van der Waals surface area contributed by atoms with E-state index in [1.807, 2.05) is 60.4 Å². The number of piperidine rings is 1. The van der Waals surface area contributed by atoms with Crippen LogP contribution in [0.15, 0.2) is 41.2 Å². The summed E-state index contributed by atoms with van der Waals surface area (Å²) in [6.45, 7) is 9.54. The van der Waals surface area contributed by atoms with Crippen molar-refractivity contribution in [1.82, 2.24) is 29.1 Å². The van der Waals surface area contributed by atoms with Gasteiger partial charge in [0, 0.05) is 72.1 Å². The van der Waals surface area contributed by atoms with Crippen molar-refractivity contribution in [1.29, 1.82) is 0 Å². The molecule has 4 heterocycles. The van der Waals surface area contributed by atoms with E-state index in [-0.39, 0.29) is 11.7 Å². The number of likely N-dealkylation sites (tertiary alicyclic amines) is 1. The smallest absolute Gasteiger partial charge is 0.326 e. The lowest BCUT2D eigenvalue weighted by Gasteiger charge is -2.33. The molecule has 1 amide bonds. The molecule has 1 unspecified atom stereocenters. The lowest BCUT2D eigenvalue weighted by atomic mass is 10.00. The molecule has 6 rings (SSSR count). The third-order valence-corrected chi connectivity index (χ3v) is 8.86. The Balaban J connectivity index is 0.00000173. The van der Waals surface area contributed by atoms with Crippen LogP contribution in [0.3, 0.4) is 0 Å². The molecule has 0 spiro atoms. The van der Waals surface area contributed by atoms with Gasteiger partial charge in [0.25, 0.3) is 0 Å². The maximum Gasteiger partial charge on any atom is 0.326 e. The summed E-state index contributed by atoms with van der Waals surface area (Å²) >= 11 is 12.5. The first-order valence-electron chi connectivity index (χ1n) is 14.7. The number of rotatable bonds is 7. The average molecular weight is 614 g/mol. The van der Waals surface area contributed by atoms with E-state index in [1.165, 1.54) is 0 Å². The Morgan fingerprint density at radius 2 is 1.86 bits per heavy atom. The monoisotopic (exact) mass is 612 g/mol. The zero-order valence-electron chi connectivity index (χ0n) is 24.3. The van der Waals surface area contributed by atoms with E-state index >= 15 is 0 Å². The molecule has 2 aromatic carbocycles. The van der Waals surface area contributed by atoms with Crippen LogP contribution in [-0.4, -0.2) is 72.9 Å². The number of carbonyl (C=O) groups excluding carboxylic acids is 1. The molecule has 1 atom stereocenters. The number of carbonyl (C=O) groups is 1. The molecule has 0 bridgehead atoms. The normalized spacial score (nSPS) is 16.7. The Hall–Kier alpha value is -3.11. The standard InChI is InChI=1S/C29H32Cl2N6O3.C2H6/c1-18-12-19(2-4-24(18)31)28-23-16-35(17-38)11-8-26(23)36(33-28)15-22(39)14-34-9-6-21(7-10-34)37-27-13-20(30)3-5-25(27)32-29(37)40;1-2/h2-5,12-13,17,21-22,39H,6-11,14-16H2,1H3,(H,32,40);1-2H3. The van der Waals surface area contributed by atoms with Crippen molar-refractivity contribution >= 4 is 40.6 Å². The highest BCUT2D eigenvalue weighted by molar-refractivity contribution is 6.31. The number of nitrogens with zero attached hydrogens (tertiary/aromatic N) is 5. The first-order chi connectivity index (χ1) is 20.3. The van der Waals surface area contributed by atoms with Crippen LogP contribution in [0, 0.1) is 6.92 Å². The minimum Gasteiger partial charge on any atom is -0.390 e. The zero-order valence-corrected chi connectivity index (χ0v) is 25.8. The molecule has 2 aliphatic rings. The van der Waals surface area contributed by atoms with Crippen LogP contribution in [0.25, 0.3) is 22.3 Å². The number of aliphatic hydroxyl groups is 1. The molecule has 2 aromatic heterocycles. The topological polar surface area (TPSA) is 99.4 Å². The Morgan fingerprint density at radius 1 is 1.10 bits per heavy atom. The maximum atomic E-state index is 12.7. The Kier molecular flexibility index (Phi) is 9.42. The van der Waals surface area contributed by atoms with Crippen molar-refractivity contribution < 1.29 is 9.90 Å². The van der Waals surface area contributed by atoms with Gasteiger partial charge in [-0.25, -0.2) is 4.79 Å². The summed E-state index contributed by atoms with van der Waals surface area (Å²) in [6.07, 6.45) is 2.58. The quantitative estimate of drug-likeness (QED) is 0.285. The molecule has 1 saturated heterocycles. The number of imidazole rings is 1. The van der Waals surface area contributed by atoms with Gasteiger partial charge in [-0.2, -0.15) is 5.10 Å². The molecule has 11 heteroatoms.